The number of hydrogen-bond donors (Lipinski definition) is 3. The highest BCUT2D eigenvalue weighted by atomic mass is 32.2. The van der Waals surface area contributed by atoms with Crippen LogP contribution in [0.5, 0.6) is 5.88 Å². The lowest BCUT2D eigenvalue weighted by molar-refractivity contribution is 0.0723. The average molecular weight is 312 g/mol. The standard InChI is InChI=1S/C14H20N2O4S/c1-14(8-17,9-18)16-13(19)10-2-3-12(15-6-10)20-11-4-5-21-7-11/h2-3,6,11,17-18H,4-5,7-9H2,1H3,(H,16,19). The first-order valence-corrected chi connectivity index (χ1v) is 7.96. The Bertz CT molecular complexity index is 470. The highest BCUT2D eigenvalue weighted by molar-refractivity contribution is 7.99. The van der Waals surface area contributed by atoms with E-state index in [1.165, 1.54) is 6.20 Å². The van der Waals surface area contributed by atoms with Gasteiger partial charge in [-0.15, -0.1) is 0 Å². The summed E-state index contributed by atoms with van der Waals surface area (Å²) in [5, 5.41) is 20.9. The van der Waals surface area contributed by atoms with Crippen LogP contribution in [-0.2, 0) is 0 Å². The van der Waals surface area contributed by atoms with Gasteiger partial charge in [0.25, 0.3) is 5.91 Å². The molecule has 0 bridgehead atoms. The van der Waals surface area contributed by atoms with Crippen molar-refractivity contribution in [1.82, 2.24) is 10.3 Å². The molecule has 0 aromatic carbocycles. The van der Waals surface area contributed by atoms with E-state index in [0.29, 0.717) is 11.4 Å². The SMILES string of the molecule is CC(CO)(CO)NC(=O)c1ccc(OC2CCSC2)nc1. The van der Waals surface area contributed by atoms with E-state index in [-0.39, 0.29) is 19.3 Å². The summed E-state index contributed by atoms with van der Waals surface area (Å²) in [6.45, 7) is 0.875. The molecule has 0 aliphatic carbocycles. The van der Waals surface area contributed by atoms with E-state index in [4.69, 9.17) is 4.74 Å². The van der Waals surface area contributed by atoms with Crippen LogP contribution in [0.1, 0.15) is 23.7 Å². The van der Waals surface area contributed by atoms with Crippen molar-refractivity contribution < 1.29 is 19.7 Å². The first-order valence-electron chi connectivity index (χ1n) is 6.81. The summed E-state index contributed by atoms with van der Waals surface area (Å²) in [6.07, 6.45) is 2.64. The van der Waals surface area contributed by atoms with E-state index in [9.17, 15) is 15.0 Å². The molecule has 1 aromatic rings. The quantitative estimate of drug-likeness (QED) is 0.706. The molecule has 21 heavy (non-hydrogen) atoms. The fourth-order valence-electron chi connectivity index (χ4n) is 1.84. The molecule has 3 N–H and O–H groups in total. The number of nitrogens with one attached hydrogen (secondary N) is 1. The van der Waals surface area contributed by atoms with Gasteiger partial charge in [0, 0.05) is 18.0 Å². The number of aliphatic hydroxyl groups is 2. The number of aromatic nitrogens is 1. The molecule has 2 heterocycles. The van der Waals surface area contributed by atoms with Crippen LogP contribution in [0, 0.1) is 0 Å². The Hall–Kier alpha value is -1.31. The van der Waals surface area contributed by atoms with E-state index < -0.39 is 11.4 Å². The van der Waals surface area contributed by atoms with E-state index in [2.05, 4.69) is 10.3 Å². The molecule has 7 heteroatoms. The zero-order valence-corrected chi connectivity index (χ0v) is 12.7. The summed E-state index contributed by atoms with van der Waals surface area (Å²) in [5.41, 5.74) is -0.691. The molecule has 1 amide bonds. The van der Waals surface area contributed by atoms with Crippen LogP contribution in [0.3, 0.4) is 0 Å². The Kier molecular flexibility index (Phi) is 5.44. The van der Waals surface area contributed by atoms with Crippen LogP contribution in [0.15, 0.2) is 18.3 Å². The zero-order chi connectivity index (χ0) is 15.3. The largest absolute Gasteiger partial charge is 0.473 e. The Morgan fingerprint density at radius 2 is 2.29 bits per heavy atom. The van der Waals surface area contributed by atoms with Crippen molar-refractivity contribution >= 4 is 17.7 Å². The maximum atomic E-state index is 12.0. The van der Waals surface area contributed by atoms with E-state index in [1.807, 2.05) is 11.8 Å². The number of nitrogens with zero attached hydrogens (tertiary/aromatic N) is 1. The van der Waals surface area contributed by atoms with Gasteiger partial charge in [0.1, 0.15) is 6.10 Å². The second-order valence-corrected chi connectivity index (χ2v) is 6.47. The summed E-state index contributed by atoms with van der Waals surface area (Å²) < 4.78 is 5.71. The minimum atomic E-state index is -1.05. The summed E-state index contributed by atoms with van der Waals surface area (Å²) >= 11 is 1.86. The van der Waals surface area contributed by atoms with Crippen molar-refractivity contribution in [1.29, 1.82) is 0 Å². The molecule has 0 spiro atoms. The van der Waals surface area contributed by atoms with Gasteiger partial charge >= 0.3 is 0 Å². The van der Waals surface area contributed by atoms with Crippen molar-refractivity contribution in [2.75, 3.05) is 24.7 Å². The van der Waals surface area contributed by atoms with Crippen molar-refractivity contribution in [3.8, 4) is 5.88 Å². The van der Waals surface area contributed by atoms with Crippen molar-refractivity contribution in [2.45, 2.75) is 25.0 Å². The van der Waals surface area contributed by atoms with Crippen LogP contribution in [0.25, 0.3) is 0 Å². The van der Waals surface area contributed by atoms with Crippen molar-refractivity contribution in [3.63, 3.8) is 0 Å². The van der Waals surface area contributed by atoms with Gasteiger partial charge in [-0.25, -0.2) is 4.98 Å². The topological polar surface area (TPSA) is 91.7 Å². The monoisotopic (exact) mass is 312 g/mol. The maximum absolute atomic E-state index is 12.0. The Morgan fingerprint density at radius 1 is 1.52 bits per heavy atom. The molecular weight excluding hydrogens is 292 g/mol. The lowest BCUT2D eigenvalue weighted by Crippen LogP contribution is -2.51. The molecule has 0 radical (unpaired) electrons. The summed E-state index contributed by atoms with van der Waals surface area (Å²) in [5.74, 6) is 2.18. The zero-order valence-electron chi connectivity index (χ0n) is 11.9. The number of ether oxygens (including phenoxy) is 1. The summed E-state index contributed by atoms with van der Waals surface area (Å²) in [4.78, 5) is 16.1. The number of carbonyl (C=O) groups excluding carboxylic acids is 1. The number of amides is 1. The number of rotatable bonds is 6. The molecule has 0 saturated carbocycles. The lowest BCUT2D eigenvalue weighted by atomic mass is 10.0. The van der Waals surface area contributed by atoms with Crippen LogP contribution < -0.4 is 10.1 Å². The van der Waals surface area contributed by atoms with E-state index in [0.717, 1.165) is 17.9 Å². The molecule has 1 fully saturated rings. The van der Waals surface area contributed by atoms with E-state index in [1.54, 1.807) is 19.1 Å². The first kappa shape index (κ1) is 16.1. The second kappa shape index (κ2) is 7.11. The molecule has 116 valence electrons. The smallest absolute Gasteiger partial charge is 0.253 e. The van der Waals surface area contributed by atoms with Crippen molar-refractivity contribution in [2.24, 2.45) is 0 Å². The number of aliphatic hydroxyl groups excluding tert-OH is 2. The number of pyridine rings is 1. The number of carbonyl (C=O) groups is 1. The molecule has 1 saturated heterocycles. The fraction of sp³-hybridized carbons (Fsp3) is 0.571. The highest BCUT2D eigenvalue weighted by Gasteiger charge is 2.25. The minimum Gasteiger partial charge on any atom is -0.473 e. The van der Waals surface area contributed by atoms with Gasteiger partial charge in [0.15, 0.2) is 0 Å². The van der Waals surface area contributed by atoms with Gasteiger partial charge in [-0.2, -0.15) is 11.8 Å². The number of thioether (sulfide) groups is 1. The van der Waals surface area contributed by atoms with Gasteiger partial charge in [0.05, 0.1) is 24.3 Å². The molecule has 1 aromatic heterocycles. The van der Waals surface area contributed by atoms with Crippen molar-refractivity contribution in [3.05, 3.63) is 23.9 Å². The highest BCUT2D eigenvalue weighted by Crippen LogP contribution is 2.22. The predicted octanol–water partition coefficient (Wildman–Crippen LogP) is 0.439. The van der Waals surface area contributed by atoms with E-state index >= 15 is 0 Å². The van der Waals surface area contributed by atoms with Crippen LogP contribution >= 0.6 is 11.8 Å². The minimum absolute atomic E-state index is 0.189. The molecular formula is C14H20N2O4S. The van der Waals surface area contributed by atoms with Gasteiger partial charge in [-0.1, -0.05) is 0 Å². The van der Waals surface area contributed by atoms with Gasteiger partial charge in [-0.3, -0.25) is 4.79 Å². The van der Waals surface area contributed by atoms with Gasteiger partial charge < -0.3 is 20.3 Å². The Labute approximate surface area is 127 Å². The summed E-state index contributed by atoms with van der Waals surface area (Å²) in [7, 11) is 0. The lowest BCUT2D eigenvalue weighted by Gasteiger charge is -2.26. The Balaban J connectivity index is 1.96. The number of hydrogen-bond acceptors (Lipinski definition) is 6. The molecule has 1 aliphatic rings. The third-order valence-corrected chi connectivity index (χ3v) is 4.42. The Morgan fingerprint density at radius 3 is 2.81 bits per heavy atom. The molecule has 1 unspecified atom stereocenters. The normalized spacial score (nSPS) is 18.5. The maximum Gasteiger partial charge on any atom is 0.253 e. The third kappa shape index (κ3) is 4.33. The third-order valence-electron chi connectivity index (χ3n) is 3.29. The second-order valence-electron chi connectivity index (χ2n) is 5.32. The first-order chi connectivity index (χ1) is 10.1. The summed E-state index contributed by atoms with van der Waals surface area (Å²) in [6, 6.07) is 3.28. The molecule has 1 aliphatic heterocycles. The van der Waals surface area contributed by atoms with Crippen LogP contribution in [0.2, 0.25) is 0 Å². The predicted molar refractivity (Wildman–Crippen MR) is 80.6 cm³/mol. The average Bonchev–Trinajstić information content (AvgIpc) is 3.00. The fourth-order valence-corrected chi connectivity index (χ4v) is 2.93. The molecule has 1 atom stereocenters. The molecule has 2 rings (SSSR count). The van der Waals surface area contributed by atoms with Crippen LogP contribution in [-0.4, -0.2) is 57.5 Å². The van der Waals surface area contributed by atoms with Crippen LogP contribution in [0.4, 0.5) is 0 Å². The molecule has 6 nitrogen and oxygen atoms in total. The van der Waals surface area contributed by atoms with Gasteiger partial charge in [0.2, 0.25) is 5.88 Å². The van der Waals surface area contributed by atoms with Gasteiger partial charge in [-0.05, 0) is 25.2 Å².